The summed E-state index contributed by atoms with van der Waals surface area (Å²) in [7, 11) is 0. The van der Waals surface area contributed by atoms with E-state index in [0.717, 1.165) is 35.2 Å². The number of carbonyl (C=O) groups excluding carboxylic acids is 1. The van der Waals surface area contributed by atoms with Crippen molar-refractivity contribution in [1.29, 1.82) is 0 Å². The predicted molar refractivity (Wildman–Crippen MR) is 105 cm³/mol. The lowest BCUT2D eigenvalue weighted by Crippen LogP contribution is -2.27. The molecule has 0 aliphatic heterocycles. The molecule has 0 spiro atoms. The molecule has 1 saturated carbocycles. The van der Waals surface area contributed by atoms with Gasteiger partial charge in [-0.25, -0.2) is 0 Å². The van der Waals surface area contributed by atoms with Crippen molar-refractivity contribution in [3.05, 3.63) is 65.2 Å². The molecule has 4 heteroatoms. The van der Waals surface area contributed by atoms with E-state index in [9.17, 15) is 4.79 Å². The van der Waals surface area contributed by atoms with Gasteiger partial charge in [-0.15, -0.1) is 0 Å². The van der Waals surface area contributed by atoms with Gasteiger partial charge in [0.1, 0.15) is 6.04 Å². The van der Waals surface area contributed by atoms with Gasteiger partial charge in [-0.05, 0) is 43.0 Å². The maximum Gasteiger partial charge on any atom is 0.245 e. The molecule has 1 atom stereocenters. The number of ether oxygens (including phenoxy) is 1. The highest BCUT2D eigenvalue weighted by Gasteiger charge is 2.16. The Kier molecular flexibility index (Phi) is 6.42. The second-order valence-electron chi connectivity index (χ2n) is 7.15. The number of hydrogen-bond acceptors (Lipinski definition) is 3. The highest BCUT2D eigenvalue weighted by Crippen LogP contribution is 2.22. The van der Waals surface area contributed by atoms with E-state index in [2.05, 4.69) is 5.32 Å². The maximum atomic E-state index is 12.4. The molecule has 4 nitrogen and oxygen atoms in total. The van der Waals surface area contributed by atoms with Gasteiger partial charge >= 0.3 is 0 Å². The number of anilines is 1. The number of nitrogens with two attached hydrogens (primary N) is 1. The molecule has 0 heterocycles. The number of rotatable bonds is 6. The Morgan fingerprint density at radius 3 is 2.62 bits per heavy atom. The Labute approximate surface area is 155 Å². The van der Waals surface area contributed by atoms with Crippen molar-refractivity contribution in [2.45, 2.75) is 57.8 Å². The minimum atomic E-state index is -0.683. The SMILES string of the molecule is Cc1ccc(C(N)C(=O)Nc2cccc(COC3CCCCC3)c2)cc1. The van der Waals surface area contributed by atoms with Crippen molar-refractivity contribution >= 4 is 11.6 Å². The van der Waals surface area contributed by atoms with Crippen LogP contribution in [0.5, 0.6) is 0 Å². The first kappa shape index (κ1) is 18.6. The van der Waals surface area contributed by atoms with E-state index >= 15 is 0 Å². The molecule has 1 fully saturated rings. The van der Waals surface area contributed by atoms with Crippen LogP contribution in [0.2, 0.25) is 0 Å². The first-order chi connectivity index (χ1) is 12.6. The zero-order chi connectivity index (χ0) is 18.4. The van der Waals surface area contributed by atoms with Gasteiger partial charge in [-0.3, -0.25) is 4.79 Å². The number of carbonyl (C=O) groups is 1. The second-order valence-corrected chi connectivity index (χ2v) is 7.15. The fourth-order valence-electron chi connectivity index (χ4n) is 3.33. The molecular weight excluding hydrogens is 324 g/mol. The van der Waals surface area contributed by atoms with Crippen molar-refractivity contribution < 1.29 is 9.53 Å². The van der Waals surface area contributed by atoms with Crippen LogP contribution in [0.3, 0.4) is 0 Å². The Hall–Kier alpha value is -2.17. The molecule has 0 aromatic heterocycles. The van der Waals surface area contributed by atoms with Gasteiger partial charge in [-0.2, -0.15) is 0 Å². The zero-order valence-corrected chi connectivity index (χ0v) is 15.4. The zero-order valence-electron chi connectivity index (χ0n) is 15.4. The Bertz CT molecular complexity index is 721. The summed E-state index contributed by atoms with van der Waals surface area (Å²) in [5.74, 6) is -0.209. The first-order valence-corrected chi connectivity index (χ1v) is 9.45. The third-order valence-electron chi connectivity index (χ3n) is 4.95. The summed E-state index contributed by atoms with van der Waals surface area (Å²) in [6.45, 7) is 2.59. The third kappa shape index (κ3) is 5.16. The smallest absolute Gasteiger partial charge is 0.245 e. The van der Waals surface area contributed by atoms with Gasteiger partial charge in [0, 0.05) is 5.69 Å². The maximum absolute atomic E-state index is 12.4. The number of benzene rings is 2. The average Bonchev–Trinajstić information content (AvgIpc) is 2.67. The normalized spacial score (nSPS) is 16.2. The first-order valence-electron chi connectivity index (χ1n) is 9.45. The molecule has 0 radical (unpaired) electrons. The van der Waals surface area contributed by atoms with E-state index < -0.39 is 6.04 Å². The van der Waals surface area contributed by atoms with Crippen molar-refractivity contribution in [2.24, 2.45) is 5.73 Å². The molecule has 26 heavy (non-hydrogen) atoms. The molecule has 0 saturated heterocycles. The quantitative estimate of drug-likeness (QED) is 0.805. The summed E-state index contributed by atoms with van der Waals surface area (Å²) in [5.41, 5.74) is 9.87. The van der Waals surface area contributed by atoms with Crippen molar-refractivity contribution in [2.75, 3.05) is 5.32 Å². The minimum Gasteiger partial charge on any atom is -0.374 e. The summed E-state index contributed by atoms with van der Waals surface area (Å²) >= 11 is 0. The van der Waals surface area contributed by atoms with Crippen LogP contribution in [0.1, 0.15) is 54.8 Å². The van der Waals surface area contributed by atoms with Gasteiger partial charge in [0.15, 0.2) is 0 Å². The van der Waals surface area contributed by atoms with E-state index in [1.54, 1.807) is 0 Å². The van der Waals surface area contributed by atoms with E-state index in [-0.39, 0.29) is 5.91 Å². The summed E-state index contributed by atoms with van der Waals surface area (Å²) in [4.78, 5) is 12.4. The van der Waals surface area contributed by atoms with E-state index in [1.807, 2.05) is 55.5 Å². The third-order valence-corrected chi connectivity index (χ3v) is 4.95. The number of aryl methyl sites for hydroxylation is 1. The van der Waals surface area contributed by atoms with Crippen LogP contribution in [0, 0.1) is 6.92 Å². The largest absolute Gasteiger partial charge is 0.374 e. The minimum absolute atomic E-state index is 0.209. The summed E-state index contributed by atoms with van der Waals surface area (Å²) in [5, 5.41) is 2.91. The van der Waals surface area contributed by atoms with Crippen molar-refractivity contribution in [1.82, 2.24) is 0 Å². The van der Waals surface area contributed by atoms with Gasteiger partial charge in [0.25, 0.3) is 0 Å². The van der Waals surface area contributed by atoms with E-state index in [4.69, 9.17) is 10.5 Å². The molecule has 1 unspecified atom stereocenters. The standard InChI is InChI=1S/C22H28N2O2/c1-16-10-12-18(13-11-16)21(23)22(25)24-19-7-5-6-17(14-19)15-26-20-8-3-2-4-9-20/h5-7,10-14,20-21H,2-4,8-9,15,23H2,1H3,(H,24,25). The predicted octanol–water partition coefficient (Wildman–Crippen LogP) is 4.48. The van der Waals surface area contributed by atoms with Crippen molar-refractivity contribution in [3.8, 4) is 0 Å². The molecule has 3 N–H and O–H groups in total. The number of amides is 1. The van der Waals surface area contributed by atoms with Gasteiger partial charge < -0.3 is 15.8 Å². The molecular formula is C22H28N2O2. The van der Waals surface area contributed by atoms with Crippen LogP contribution >= 0.6 is 0 Å². The second kappa shape index (κ2) is 8.97. The van der Waals surface area contributed by atoms with Crippen LogP contribution < -0.4 is 11.1 Å². The van der Waals surface area contributed by atoms with Crippen LogP contribution in [0.4, 0.5) is 5.69 Å². The fraction of sp³-hybridized carbons (Fsp3) is 0.409. The number of hydrogen-bond donors (Lipinski definition) is 2. The summed E-state index contributed by atoms with van der Waals surface area (Å²) < 4.78 is 6.02. The molecule has 1 amide bonds. The lowest BCUT2D eigenvalue weighted by Gasteiger charge is -2.22. The topological polar surface area (TPSA) is 64.4 Å². The molecule has 3 rings (SSSR count). The average molecular weight is 352 g/mol. The summed E-state index contributed by atoms with van der Waals surface area (Å²) in [6.07, 6.45) is 6.53. The fourth-order valence-corrected chi connectivity index (χ4v) is 3.33. The molecule has 1 aliphatic carbocycles. The molecule has 0 bridgehead atoms. The van der Waals surface area contributed by atoms with Crippen LogP contribution in [0.15, 0.2) is 48.5 Å². The highest BCUT2D eigenvalue weighted by atomic mass is 16.5. The Morgan fingerprint density at radius 1 is 1.15 bits per heavy atom. The van der Waals surface area contributed by atoms with Crippen LogP contribution in [-0.2, 0) is 16.1 Å². The molecule has 2 aromatic rings. The summed E-state index contributed by atoms with van der Waals surface area (Å²) in [6, 6.07) is 14.8. The lowest BCUT2D eigenvalue weighted by molar-refractivity contribution is -0.117. The number of nitrogens with one attached hydrogen (secondary N) is 1. The molecule has 138 valence electrons. The lowest BCUT2D eigenvalue weighted by atomic mass is 9.98. The van der Waals surface area contributed by atoms with E-state index in [0.29, 0.717) is 12.7 Å². The monoisotopic (exact) mass is 352 g/mol. The molecule has 2 aromatic carbocycles. The Morgan fingerprint density at radius 2 is 1.88 bits per heavy atom. The molecule has 1 aliphatic rings. The highest BCUT2D eigenvalue weighted by molar-refractivity contribution is 5.95. The van der Waals surface area contributed by atoms with E-state index in [1.165, 1.54) is 19.3 Å². The van der Waals surface area contributed by atoms with Crippen molar-refractivity contribution in [3.63, 3.8) is 0 Å². The van der Waals surface area contributed by atoms with Crippen LogP contribution in [-0.4, -0.2) is 12.0 Å². The van der Waals surface area contributed by atoms with Gasteiger partial charge in [-0.1, -0.05) is 61.2 Å². The Balaban J connectivity index is 1.57. The van der Waals surface area contributed by atoms with Crippen LogP contribution in [0.25, 0.3) is 0 Å². The van der Waals surface area contributed by atoms with Gasteiger partial charge in [0.05, 0.1) is 12.7 Å². The van der Waals surface area contributed by atoms with Gasteiger partial charge in [0.2, 0.25) is 5.91 Å².